The molecule has 1 saturated heterocycles. The third-order valence-corrected chi connectivity index (χ3v) is 4.37. The molecule has 0 bridgehead atoms. The number of methoxy groups -OCH3 is 1. The molecule has 1 fully saturated rings. The molecule has 1 aromatic rings. The standard InChI is InChI=1S/C19H30N2O3/c1-19(2,3)24-18(22)21-12-6-7-15(13-21)17(20-4)14-8-10-16(23-5)11-9-14/h8-11,15,17,20H,6-7,12-13H2,1-5H3. The molecule has 0 aromatic heterocycles. The Balaban J connectivity index is 2.06. The Labute approximate surface area is 145 Å². The van der Waals surface area contributed by atoms with Gasteiger partial charge in [0.15, 0.2) is 0 Å². The highest BCUT2D eigenvalue weighted by Gasteiger charge is 2.31. The zero-order chi connectivity index (χ0) is 17.7. The van der Waals surface area contributed by atoms with Crippen molar-refractivity contribution in [3.05, 3.63) is 29.8 Å². The van der Waals surface area contributed by atoms with E-state index in [1.54, 1.807) is 7.11 Å². The van der Waals surface area contributed by atoms with Crippen LogP contribution in [0.25, 0.3) is 0 Å². The van der Waals surface area contributed by atoms with E-state index in [4.69, 9.17) is 9.47 Å². The summed E-state index contributed by atoms with van der Waals surface area (Å²) in [5.41, 5.74) is 0.761. The summed E-state index contributed by atoms with van der Waals surface area (Å²) < 4.78 is 10.8. The van der Waals surface area contributed by atoms with Gasteiger partial charge >= 0.3 is 6.09 Å². The number of nitrogens with one attached hydrogen (secondary N) is 1. The van der Waals surface area contributed by atoms with E-state index in [0.717, 1.165) is 25.1 Å². The fourth-order valence-electron chi connectivity index (χ4n) is 3.26. The second kappa shape index (κ2) is 7.88. The Morgan fingerprint density at radius 3 is 2.50 bits per heavy atom. The largest absolute Gasteiger partial charge is 0.497 e. The topological polar surface area (TPSA) is 50.8 Å². The molecule has 0 radical (unpaired) electrons. The number of amides is 1. The van der Waals surface area contributed by atoms with E-state index in [1.807, 2.05) is 44.9 Å². The molecule has 5 heteroatoms. The second-order valence-corrected chi connectivity index (χ2v) is 7.37. The van der Waals surface area contributed by atoms with Crippen molar-refractivity contribution in [1.29, 1.82) is 0 Å². The highest BCUT2D eigenvalue weighted by Crippen LogP contribution is 2.31. The van der Waals surface area contributed by atoms with Crippen LogP contribution in [0, 0.1) is 5.92 Å². The summed E-state index contributed by atoms with van der Waals surface area (Å²) in [6, 6.07) is 8.35. The number of hydrogen-bond acceptors (Lipinski definition) is 4. The average Bonchev–Trinajstić information content (AvgIpc) is 2.55. The van der Waals surface area contributed by atoms with Crippen LogP contribution < -0.4 is 10.1 Å². The van der Waals surface area contributed by atoms with E-state index in [2.05, 4.69) is 17.4 Å². The first-order valence-electron chi connectivity index (χ1n) is 8.63. The minimum absolute atomic E-state index is 0.209. The van der Waals surface area contributed by atoms with Crippen molar-refractivity contribution < 1.29 is 14.3 Å². The Bertz CT molecular complexity index is 537. The summed E-state index contributed by atoms with van der Waals surface area (Å²) >= 11 is 0. The van der Waals surface area contributed by atoms with E-state index >= 15 is 0 Å². The molecule has 2 atom stereocenters. The smallest absolute Gasteiger partial charge is 0.410 e. The van der Waals surface area contributed by atoms with Gasteiger partial charge in [-0.1, -0.05) is 12.1 Å². The highest BCUT2D eigenvalue weighted by molar-refractivity contribution is 5.68. The van der Waals surface area contributed by atoms with Gasteiger partial charge in [-0.25, -0.2) is 4.79 Å². The zero-order valence-corrected chi connectivity index (χ0v) is 15.5. The van der Waals surface area contributed by atoms with E-state index in [1.165, 1.54) is 5.56 Å². The van der Waals surface area contributed by atoms with Gasteiger partial charge in [0.05, 0.1) is 7.11 Å². The number of hydrogen-bond donors (Lipinski definition) is 1. The van der Waals surface area contributed by atoms with Gasteiger partial charge in [-0.05, 0) is 64.3 Å². The summed E-state index contributed by atoms with van der Waals surface area (Å²) in [7, 11) is 3.64. The van der Waals surface area contributed by atoms with Gasteiger partial charge in [0.2, 0.25) is 0 Å². The first-order valence-corrected chi connectivity index (χ1v) is 8.63. The van der Waals surface area contributed by atoms with Crippen molar-refractivity contribution in [2.24, 2.45) is 5.92 Å². The maximum atomic E-state index is 12.4. The minimum Gasteiger partial charge on any atom is -0.497 e. The Morgan fingerprint density at radius 2 is 1.96 bits per heavy atom. The molecule has 0 saturated carbocycles. The van der Waals surface area contributed by atoms with Crippen molar-refractivity contribution in [2.45, 2.75) is 45.3 Å². The molecule has 1 aromatic carbocycles. The van der Waals surface area contributed by atoms with Gasteiger partial charge in [-0.15, -0.1) is 0 Å². The predicted octanol–water partition coefficient (Wildman–Crippen LogP) is 3.60. The summed E-state index contributed by atoms with van der Waals surface area (Å²) in [4.78, 5) is 14.2. The molecule has 1 N–H and O–H groups in total. The van der Waals surface area contributed by atoms with Crippen LogP contribution in [0.1, 0.15) is 45.2 Å². The lowest BCUT2D eigenvalue weighted by Gasteiger charge is -2.37. The van der Waals surface area contributed by atoms with Gasteiger partial charge in [0, 0.05) is 19.1 Å². The summed E-state index contributed by atoms with van der Waals surface area (Å²) in [6.07, 6.45) is 1.88. The van der Waals surface area contributed by atoms with Crippen LogP contribution >= 0.6 is 0 Å². The first kappa shape index (κ1) is 18.6. The lowest BCUT2D eigenvalue weighted by atomic mass is 9.86. The molecule has 24 heavy (non-hydrogen) atoms. The van der Waals surface area contributed by atoms with Crippen LogP contribution in [0.3, 0.4) is 0 Å². The highest BCUT2D eigenvalue weighted by atomic mass is 16.6. The quantitative estimate of drug-likeness (QED) is 0.914. The first-order chi connectivity index (χ1) is 11.3. The monoisotopic (exact) mass is 334 g/mol. The van der Waals surface area contributed by atoms with Gasteiger partial charge in [0.1, 0.15) is 11.4 Å². The number of carbonyl (C=O) groups excluding carboxylic acids is 1. The molecular formula is C19H30N2O3. The second-order valence-electron chi connectivity index (χ2n) is 7.37. The van der Waals surface area contributed by atoms with Crippen LogP contribution in [0.4, 0.5) is 4.79 Å². The fourth-order valence-corrected chi connectivity index (χ4v) is 3.26. The van der Waals surface area contributed by atoms with E-state index in [0.29, 0.717) is 12.5 Å². The molecule has 0 aliphatic carbocycles. The number of rotatable bonds is 4. The normalized spacial score (nSPS) is 19.7. The molecule has 1 aliphatic heterocycles. The van der Waals surface area contributed by atoms with Gasteiger partial charge in [0.25, 0.3) is 0 Å². The summed E-state index contributed by atoms with van der Waals surface area (Å²) in [6.45, 7) is 7.19. The molecule has 1 aliphatic rings. The van der Waals surface area contributed by atoms with E-state index in [-0.39, 0.29) is 12.1 Å². The molecule has 1 heterocycles. The summed E-state index contributed by atoms with van der Waals surface area (Å²) in [5.74, 6) is 1.22. The maximum Gasteiger partial charge on any atom is 0.410 e. The number of nitrogens with zero attached hydrogens (tertiary/aromatic N) is 1. The molecule has 5 nitrogen and oxygen atoms in total. The molecule has 134 valence electrons. The van der Waals surface area contributed by atoms with Crippen molar-refractivity contribution >= 4 is 6.09 Å². The molecular weight excluding hydrogens is 304 g/mol. The van der Waals surface area contributed by atoms with Gasteiger partial charge in [-0.2, -0.15) is 0 Å². The third kappa shape index (κ3) is 4.87. The number of benzene rings is 1. The third-order valence-electron chi connectivity index (χ3n) is 4.37. The fraction of sp³-hybridized carbons (Fsp3) is 0.632. The molecule has 0 spiro atoms. The van der Waals surface area contributed by atoms with E-state index < -0.39 is 5.60 Å². The number of piperidine rings is 1. The van der Waals surface area contributed by atoms with Crippen LogP contribution in [0.5, 0.6) is 5.75 Å². The Hall–Kier alpha value is -1.75. The van der Waals surface area contributed by atoms with Crippen molar-refractivity contribution in [3.8, 4) is 5.75 Å². The Kier molecular flexibility index (Phi) is 6.10. The van der Waals surface area contributed by atoms with Gasteiger partial charge < -0.3 is 19.7 Å². The van der Waals surface area contributed by atoms with Crippen molar-refractivity contribution in [3.63, 3.8) is 0 Å². The average molecular weight is 334 g/mol. The van der Waals surface area contributed by atoms with E-state index in [9.17, 15) is 4.79 Å². The van der Waals surface area contributed by atoms with Gasteiger partial charge in [-0.3, -0.25) is 0 Å². The number of likely N-dealkylation sites (tertiary alicyclic amines) is 1. The summed E-state index contributed by atoms with van der Waals surface area (Å²) in [5, 5.41) is 3.41. The zero-order valence-electron chi connectivity index (χ0n) is 15.5. The predicted molar refractivity (Wildman–Crippen MR) is 95.3 cm³/mol. The SMILES string of the molecule is CNC(c1ccc(OC)cc1)C1CCCN(C(=O)OC(C)(C)C)C1. The van der Waals surface area contributed by atoms with Crippen LogP contribution in [0.2, 0.25) is 0 Å². The molecule has 1 amide bonds. The van der Waals surface area contributed by atoms with Crippen LogP contribution in [-0.4, -0.2) is 43.8 Å². The lowest BCUT2D eigenvalue weighted by molar-refractivity contribution is 0.0145. The maximum absolute atomic E-state index is 12.4. The lowest BCUT2D eigenvalue weighted by Crippen LogP contribution is -2.45. The Morgan fingerprint density at radius 1 is 1.29 bits per heavy atom. The number of carbonyl (C=O) groups is 1. The van der Waals surface area contributed by atoms with Crippen molar-refractivity contribution in [1.82, 2.24) is 10.2 Å². The minimum atomic E-state index is -0.456. The van der Waals surface area contributed by atoms with Crippen LogP contribution in [0.15, 0.2) is 24.3 Å². The molecule has 2 unspecified atom stereocenters. The van der Waals surface area contributed by atoms with Crippen molar-refractivity contribution in [2.75, 3.05) is 27.2 Å². The number of ether oxygens (including phenoxy) is 2. The van der Waals surface area contributed by atoms with Crippen LogP contribution in [-0.2, 0) is 4.74 Å². The molecule has 2 rings (SSSR count).